The molecule has 0 saturated carbocycles. The number of ether oxygens (including phenoxy) is 1. The number of carbonyl (C=O) groups is 1. The number of hydrogen-bond acceptors (Lipinski definition) is 5. The Morgan fingerprint density at radius 3 is 2.56 bits per heavy atom. The van der Waals surface area contributed by atoms with Crippen LogP contribution >= 0.6 is 11.8 Å². The monoisotopic (exact) mass is 475 g/mol. The second-order valence-corrected chi connectivity index (χ2v) is 10.3. The molecule has 2 aliphatic rings. The van der Waals surface area contributed by atoms with Crippen molar-refractivity contribution in [2.75, 3.05) is 18.1 Å². The van der Waals surface area contributed by atoms with E-state index in [4.69, 9.17) is 4.74 Å². The number of benzene rings is 2. The highest BCUT2D eigenvalue weighted by molar-refractivity contribution is 8.18. The summed E-state index contributed by atoms with van der Waals surface area (Å²) < 4.78 is 5.48. The Bertz CT molecular complexity index is 1190. The molecule has 0 bridgehead atoms. The molecule has 0 aromatic heterocycles. The molecule has 178 valence electrons. The summed E-state index contributed by atoms with van der Waals surface area (Å²) in [5.74, 6) is 0.691. The van der Waals surface area contributed by atoms with Crippen LogP contribution in [-0.4, -0.2) is 29.8 Å². The molecule has 0 atom stereocenters. The van der Waals surface area contributed by atoms with Crippen LogP contribution in [0.15, 0.2) is 52.4 Å². The van der Waals surface area contributed by atoms with Crippen LogP contribution in [0.3, 0.4) is 0 Å². The fraction of sp³-hybridized carbons (Fsp3) is 0.357. The number of amidine groups is 1. The van der Waals surface area contributed by atoms with Crippen LogP contribution < -0.4 is 15.0 Å². The van der Waals surface area contributed by atoms with Crippen LogP contribution in [0, 0.1) is 6.92 Å². The van der Waals surface area contributed by atoms with Gasteiger partial charge in [-0.3, -0.25) is 4.79 Å². The van der Waals surface area contributed by atoms with Gasteiger partial charge in [-0.05, 0) is 112 Å². The van der Waals surface area contributed by atoms with Gasteiger partial charge in [0.25, 0.3) is 5.91 Å². The number of thioether (sulfide) groups is 1. The highest BCUT2D eigenvalue weighted by Crippen LogP contribution is 2.41. The number of carbonyl (C=O) groups excluding carboxylic acids is 1. The lowest BCUT2D eigenvalue weighted by Gasteiger charge is -2.43. The minimum atomic E-state index is -0.118. The Labute approximate surface area is 207 Å². The summed E-state index contributed by atoms with van der Waals surface area (Å²) in [5.41, 5.74) is 6.74. The van der Waals surface area contributed by atoms with Crippen LogP contribution in [0.2, 0.25) is 0 Å². The van der Waals surface area contributed by atoms with Crippen molar-refractivity contribution < 1.29 is 9.53 Å². The number of nitrogens with zero attached hydrogens (tertiary/aromatic N) is 2. The van der Waals surface area contributed by atoms with E-state index in [0.29, 0.717) is 16.7 Å². The van der Waals surface area contributed by atoms with E-state index in [9.17, 15) is 4.79 Å². The highest BCUT2D eigenvalue weighted by Gasteiger charge is 2.31. The van der Waals surface area contributed by atoms with Crippen molar-refractivity contribution in [1.29, 1.82) is 0 Å². The van der Waals surface area contributed by atoms with Crippen LogP contribution in [0.25, 0.3) is 11.6 Å². The number of allylic oxidation sites excluding steroid dienone is 1. The molecule has 34 heavy (non-hydrogen) atoms. The number of anilines is 1. The summed E-state index contributed by atoms with van der Waals surface area (Å²) >= 11 is 1.37. The molecule has 0 radical (unpaired) electrons. The van der Waals surface area contributed by atoms with Crippen LogP contribution in [0.4, 0.5) is 11.4 Å². The maximum atomic E-state index is 12.7. The third-order valence-corrected chi connectivity index (χ3v) is 7.04. The normalized spacial score (nSPS) is 19.3. The molecule has 5 nitrogen and oxygen atoms in total. The van der Waals surface area contributed by atoms with Crippen molar-refractivity contribution in [1.82, 2.24) is 5.32 Å². The topological polar surface area (TPSA) is 53.9 Å². The predicted octanol–water partition coefficient (Wildman–Crippen LogP) is 6.70. The van der Waals surface area contributed by atoms with E-state index in [1.807, 2.05) is 37.3 Å². The molecule has 1 saturated heterocycles. The number of amides is 1. The van der Waals surface area contributed by atoms with Gasteiger partial charge in [-0.25, -0.2) is 4.99 Å². The van der Waals surface area contributed by atoms with Crippen molar-refractivity contribution in [3.05, 3.63) is 64.1 Å². The number of rotatable bonds is 6. The molecule has 0 aliphatic carbocycles. The van der Waals surface area contributed by atoms with E-state index < -0.39 is 0 Å². The zero-order valence-corrected chi connectivity index (χ0v) is 21.7. The molecule has 0 unspecified atom stereocenters. The van der Waals surface area contributed by atoms with Gasteiger partial charge >= 0.3 is 0 Å². The Morgan fingerprint density at radius 1 is 1.15 bits per heavy atom. The zero-order chi connectivity index (χ0) is 24.5. The molecule has 2 heterocycles. The summed E-state index contributed by atoms with van der Waals surface area (Å²) in [7, 11) is 0. The van der Waals surface area contributed by atoms with Gasteiger partial charge in [0.1, 0.15) is 5.75 Å². The Hall–Kier alpha value is -2.99. The molecule has 2 aliphatic heterocycles. The van der Waals surface area contributed by atoms with Crippen molar-refractivity contribution in [3.63, 3.8) is 0 Å². The molecule has 0 spiro atoms. The van der Waals surface area contributed by atoms with E-state index in [2.05, 4.69) is 68.0 Å². The molecule has 1 fully saturated rings. The van der Waals surface area contributed by atoms with Gasteiger partial charge < -0.3 is 15.0 Å². The van der Waals surface area contributed by atoms with Gasteiger partial charge in [-0.2, -0.15) is 0 Å². The Morgan fingerprint density at radius 2 is 1.88 bits per heavy atom. The highest BCUT2D eigenvalue weighted by atomic mass is 32.2. The molecule has 2 aromatic carbocycles. The Kier molecular flexibility index (Phi) is 6.89. The number of nitrogens with one attached hydrogen (secondary N) is 1. The lowest BCUT2D eigenvalue weighted by atomic mass is 9.86. The zero-order valence-electron chi connectivity index (χ0n) is 20.9. The third-order valence-electron chi connectivity index (χ3n) is 6.13. The minimum Gasteiger partial charge on any atom is -0.494 e. The average molecular weight is 476 g/mol. The predicted molar refractivity (Wildman–Crippen MR) is 145 cm³/mol. The minimum absolute atomic E-state index is 0.0209. The molecule has 6 heteroatoms. The summed E-state index contributed by atoms with van der Waals surface area (Å²) in [4.78, 5) is 20.4. The maximum Gasteiger partial charge on any atom is 0.264 e. The number of aryl methyl sites for hydroxylation is 1. The second kappa shape index (κ2) is 9.71. The fourth-order valence-corrected chi connectivity index (χ4v) is 5.39. The average Bonchev–Trinajstić information content (AvgIpc) is 3.12. The van der Waals surface area contributed by atoms with Gasteiger partial charge in [0.05, 0.1) is 22.7 Å². The first kappa shape index (κ1) is 24.1. The van der Waals surface area contributed by atoms with E-state index in [1.165, 1.54) is 28.6 Å². The number of aliphatic imine (C=N–C) groups is 1. The first-order valence-electron chi connectivity index (χ1n) is 11.9. The molecular weight excluding hydrogens is 442 g/mol. The number of hydrogen-bond donors (Lipinski definition) is 1. The second-order valence-electron chi connectivity index (χ2n) is 9.27. The van der Waals surface area contributed by atoms with Crippen LogP contribution in [0.5, 0.6) is 5.75 Å². The lowest BCUT2D eigenvalue weighted by Crippen LogP contribution is -2.45. The maximum absolute atomic E-state index is 12.7. The Balaban J connectivity index is 1.62. The van der Waals surface area contributed by atoms with Crippen LogP contribution in [0.1, 0.15) is 57.7 Å². The van der Waals surface area contributed by atoms with E-state index in [0.717, 1.165) is 35.5 Å². The molecule has 1 amide bonds. The van der Waals surface area contributed by atoms with Crippen molar-refractivity contribution in [2.24, 2.45) is 4.99 Å². The summed E-state index contributed by atoms with van der Waals surface area (Å²) in [6.45, 7) is 14.6. The van der Waals surface area contributed by atoms with E-state index in [-0.39, 0.29) is 11.4 Å². The summed E-state index contributed by atoms with van der Waals surface area (Å²) in [6, 6.07) is 12.0. The first-order chi connectivity index (χ1) is 16.2. The molecule has 2 aromatic rings. The lowest BCUT2D eigenvalue weighted by molar-refractivity contribution is -0.115. The van der Waals surface area contributed by atoms with Crippen LogP contribution in [-0.2, 0) is 4.79 Å². The standard InChI is InChI=1S/C28H33N3O2S/c1-7-13-31-24-14-18(3)20(15-23(24)19(4)17-28(31,5)6)16-25-26(32)30-27(34-25)29-21-9-11-22(12-10-21)33-8-2/h9-12,14-17H,7-8,13H2,1-6H3,(H,29,30,32)/b25-16+. The smallest absolute Gasteiger partial charge is 0.264 e. The van der Waals surface area contributed by atoms with Gasteiger partial charge in [-0.1, -0.05) is 13.0 Å². The van der Waals surface area contributed by atoms with Gasteiger partial charge in [0.15, 0.2) is 5.17 Å². The molecule has 1 N–H and O–H groups in total. The van der Waals surface area contributed by atoms with E-state index in [1.54, 1.807) is 0 Å². The molecule has 4 rings (SSSR count). The SMILES string of the molecule is CCCN1c2cc(C)c(/C=C3/SC(=Nc4ccc(OCC)cc4)NC3=O)cc2C(C)=CC1(C)C. The molecular formula is C28H33N3O2S. The summed E-state index contributed by atoms with van der Waals surface area (Å²) in [5, 5.41) is 3.48. The van der Waals surface area contributed by atoms with Gasteiger partial charge in [0, 0.05) is 17.8 Å². The van der Waals surface area contributed by atoms with Crippen molar-refractivity contribution >= 4 is 45.9 Å². The van der Waals surface area contributed by atoms with Gasteiger partial charge in [-0.15, -0.1) is 0 Å². The quantitative estimate of drug-likeness (QED) is 0.473. The number of fused-ring (bicyclic) bond motifs is 1. The van der Waals surface area contributed by atoms with Gasteiger partial charge in [0.2, 0.25) is 0 Å². The van der Waals surface area contributed by atoms with E-state index >= 15 is 0 Å². The van der Waals surface area contributed by atoms with Crippen molar-refractivity contribution in [2.45, 2.75) is 53.5 Å². The largest absolute Gasteiger partial charge is 0.494 e. The summed E-state index contributed by atoms with van der Waals surface area (Å²) in [6.07, 6.45) is 5.41. The first-order valence-corrected chi connectivity index (χ1v) is 12.7. The fourth-order valence-electron chi connectivity index (χ4n) is 4.55. The van der Waals surface area contributed by atoms with Crippen molar-refractivity contribution in [3.8, 4) is 5.75 Å². The third kappa shape index (κ3) is 4.92.